The van der Waals surface area contributed by atoms with Crippen molar-refractivity contribution in [2.75, 3.05) is 13.1 Å². The quantitative estimate of drug-likeness (QED) is 0.286. The van der Waals surface area contributed by atoms with E-state index in [4.69, 9.17) is 24.2 Å². The molecule has 30 heavy (non-hydrogen) atoms. The minimum atomic E-state index is 0.192. The zero-order chi connectivity index (χ0) is 20.9. The lowest BCUT2D eigenvalue weighted by molar-refractivity contribution is 0.265. The number of hydrogen-bond acceptors (Lipinski definition) is 5. The van der Waals surface area contributed by atoms with E-state index in [1.54, 1.807) is 18.5 Å². The molecule has 3 aromatic rings. The van der Waals surface area contributed by atoms with E-state index in [2.05, 4.69) is 15.9 Å². The van der Waals surface area contributed by atoms with Gasteiger partial charge in [-0.1, -0.05) is 5.92 Å². The summed E-state index contributed by atoms with van der Waals surface area (Å²) in [6.45, 7) is 3.56. The first-order valence-electron chi connectivity index (χ1n) is 9.94. The van der Waals surface area contributed by atoms with E-state index >= 15 is 0 Å². The summed E-state index contributed by atoms with van der Waals surface area (Å²) in [5.74, 6) is 3.87. The summed E-state index contributed by atoms with van der Waals surface area (Å²) in [6.07, 6.45) is 15.9. The van der Waals surface area contributed by atoms with Gasteiger partial charge in [0.1, 0.15) is 23.5 Å². The van der Waals surface area contributed by atoms with Gasteiger partial charge >= 0.3 is 0 Å². The summed E-state index contributed by atoms with van der Waals surface area (Å²) in [7, 11) is 6.05. The van der Waals surface area contributed by atoms with Gasteiger partial charge in [-0.2, -0.15) is 5.10 Å². The molecular weight excluding hydrogens is 373 g/mol. The topological polar surface area (TPSA) is 56.1 Å². The van der Waals surface area contributed by atoms with Crippen molar-refractivity contribution < 1.29 is 4.74 Å². The van der Waals surface area contributed by atoms with E-state index in [9.17, 15) is 0 Å². The Labute approximate surface area is 177 Å². The SMILES string of the molecule is [B]N1CCCC(n2nc(-c3ccc(OC(/C=C\C#C)=C/C)cc3)c3cncnc32)C1. The average molecular weight is 395 g/mol. The molecule has 0 aliphatic carbocycles. The van der Waals surface area contributed by atoms with Crippen LogP contribution in [0.3, 0.4) is 0 Å². The largest absolute Gasteiger partial charge is 0.458 e. The summed E-state index contributed by atoms with van der Waals surface area (Å²) in [5.41, 5.74) is 2.66. The van der Waals surface area contributed by atoms with Crippen molar-refractivity contribution in [1.82, 2.24) is 24.6 Å². The molecule has 7 heteroatoms. The Hall–Kier alpha value is -3.37. The minimum absolute atomic E-state index is 0.192. The summed E-state index contributed by atoms with van der Waals surface area (Å²) in [5, 5.41) is 5.83. The Kier molecular flexibility index (Phi) is 5.96. The lowest BCUT2D eigenvalue weighted by atomic mass is 10.0. The molecule has 1 aliphatic rings. The average Bonchev–Trinajstić information content (AvgIpc) is 3.17. The highest BCUT2D eigenvalue weighted by Gasteiger charge is 2.23. The molecule has 2 radical (unpaired) electrons. The Bertz CT molecular complexity index is 1130. The number of aromatic nitrogens is 4. The zero-order valence-electron chi connectivity index (χ0n) is 16.9. The van der Waals surface area contributed by atoms with Gasteiger partial charge in [0.05, 0.1) is 11.4 Å². The van der Waals surface area contributed by atoms with Gasteiger partial charge in [-0.25, -0.2) is 14.6 Å². The zero-order valence-corrected chi connectivity index (χ0v) is 16.9. The fourth-order valence-electron chi connectivity index (χ4n) is 3.67. The number of rotatable bonds is 5. The monoisotopic (exact) mass is 395 g/mol. The third kappa shape index (κ3) is 4.14. The molecule has 0 saturated carbocycles. The summed E-state index contributed by atoms with van der Waals surface area (Å²) >= 11 is 0. The van der Waals surface area contributed by atoms with Crippen molar-refractivity contribution in [2.24, 2.45) is 0 Å². The fourth-order valence-corrected chi connectivity index (χ4v) is 3.67. The van der Waals surface area contributed by atoms with E-state index in [0.717, 1.165) is 54.0 Å². The maximum Gasteiger partial charge on any atom is 0.182 e. The summed E-state index contributed by atoms with van der Waals surface area (Å²) in [4.78, 5) is 10.6. The van der Waals surface area contributed by atoms with Crippen molar-refractivity contribution in [3.8, 4) is 29.4 Å². The van der Waals surface area contributed by atoms with Crippen LogP contribution in [0.15, 0.2) is 60.8 Å². The van der Waals surface area contributed by atoms with Crippen LogP contribution in [0.2, 0.25) is 0 Å². The molecule has 0 N–H and O–H groups in total. The molecule has 0 spiro atoms. The van der Waals surface area contributed by atoms with Gasteiger partial charge in [0.25, 0.3) is 0 Å². The second-order valence-electron chi connectivity index (χ2n) is 7.16. The smallest absolute Gasteiger partial charge is 0.182 e. The van der Waals surface area contributed by atoms with Crippen LogP contribution in [0.5, 0.6) is 5.75 Å². The Balaban J connectivity index is 1.65. The van der Waals surface area contributed by atoms with E-state index in [1.807, 2.05) is 53.0 Å². The van der Waals surface area contributed by atoms with Gasteiger partial charge in [-0.15, -0.1) is 6.42 Å². The number of allylic oxidation sites excluding steroid dienone is 3. The van der Waals surface area contributed by atoms with Crippen LogP contribution in [0, 0.1) is 12.3 Å². The van der Waals surface area contributed by atoms with Crippen molar-refractivity contribution in [2.45, 2.75) is 25.8 Å². The predicted molar refractivity (Wildman–Crippen MR) is 119 cm³/mol. The number of fused-ring (bicyclic) bond motifs is 1. The van der Waals surface area contributed by atoms with E-state index in [0.29, 0.717) is 5.76 Å². The van der Waals surface area contributed by atoms with Crippen LogP contribution in [0.1, 0.15) is 25.8 Å². The Morgan fingerprint density at radius 1 is 1.33 bits per heavy atom. The van der Waals surface area contributed by atoms with E-state index in [1.165, 1.54) is 0 Å². The van der Waals surface area contributed by atoms with Crippen LogP contribution >= 0.6 is 0 Å². The molecule has 148 valence electrons. The van der Waals surface area contributed by atoms with Gasteiger partial charge in [0, 0.05) is 18.3 Å². The van der Waals surface area contributed by atoms with Crippen LogP contribution in [-0.2, 0) is 0 Å². The third-order valence-corrected chi connectivity index (χ3v) is 5.14. The van der Waals surface area contributed by atoms with E-state index < -0.39 is 0 Å². The number of nitrogens with zero attached hydrogens (tertiary/aromatic N) is 5. The second-order valence-corrected chi connectivity index (χ2v) is 7.16. The lowest BCUT2D eigenvalue weighted by Crippen LogP contribution is -2.35. The highest BCUT2D eigenvalue weighted by atomic mass is 16.5. The molecule has 1 saturated heterocycles. The third-order valence-electron chi connectivity index (χ3n) is 5.14. The maximum atomic E-state index is 6.05. The van der Waals surface area contributed by atoms with Crippen molar-refractivity contribution in [3.05, 3.63) is 60.8 Å². The number of terminal acetylenes is 1. The van der Waals surface area contributed by atoms with Gasteiger partial charge in [0.2, 0.25) is 0 Å². The summed E-state index contributed by atoms with van der Waals surface area (Å²) in [6, 6.07) is 8.00. The fraction of sp³-hybridized carbons (Fsp3) is 0.261. The van der Waals surface area contributed by atoms with Gasteiger partial charge in [0.15, 0.2) is 13.6 Å². The Morgan fingerprint density at radius 2 is 2.17 bits per heavy atom. The van der Waals surface area contributed by atoms with Crippen molar-refractivity contribution >= 4 is 19.0 Å². The van der Waals surface area contributed by atoms with Crippen molar-refractivity contribution in [3.63, 3.8) is 0 Å². The first-order chi connectivity index (χ1) is 14.7. The molecule has 2 aromatic heterocycles. The molecule has 1 fully saturated rings. The molecule has 6 nitrogen and oxygen atoms in total. The molecule has 0 bridgehead atoms. The number of ether oxygens (including phenoxy) is 1. The molecule has 1 atom stereocenters. The van der Waals surface area contributed by atoms with Crippen LogP contribution in [0.25, 0.3) is 22.3 Å². The van der Waals surface area contributed by atoms with Crippen LogP contribution < -0.4 is 4.74 Å². The molecular formula is C23H22BN5O. The van der Waals surface area contributed by atoms with Gasteiger partial charge in [-0.05, 0) is 68.8 Å². The molecule has 0 amide bonds. The lowest BCUT2D eigenvalue weighted by Gasteiger charge is -2.30. The van der Waals surface area contributed by atoms with Gasteiger partial charge in [-0.3, -0.25) is 0 Å². The number of piperidine rings is 1. The Morgan fingerprint density at radius 3 is 2.90 bits per heavy atom. The molecule has 3 heterocycles. The normalized spacial score (nSPS) is 18.0. The summed E-state index contributed by atoms with van der Waals surface area (Å²) < 4.78 is 7.86. The predicted octanol–water partition coefficient (Wildman–Crippen LogP) is 3.69. The standard InChI is InChI=1S/C23H22BN5O/c1-3-5-8-19(4-2)30-20-11-9-17(10-12-20)22-21-14-25-16-26-23(21)29(27-22)18-7-6-13-28(24)15-18/h1,4-5,8-12,14,16,18H,6-7,13,15H2,2H3/b8-5-,19-4+. The molecule has 1 unspecified atom stereocenters. The first kappa shape index (κ1) is 19.9. The van der Waals surface area contributed by atoms with Gasteiger partial charge < -0.3 is 9.55 Å². The first-order valence-corrected chi connectivity index (χ1v) is 9.94. The molecule has 4 rings (SSSR count). The highest BCUT2D eigenvalue weighted by Crippen LogP contribution is 2.31. The maximum absolute atomic E-state index is 6.05. The van der Waals surface area contributed by atoms with Crippen LogP contribution in [-0.4, -0.2) is 45.6 Å². The number of hydrogen-bond donors (Lipinski definition) is 0. The van der Waals surface area contributed by atoms with E-state index in [-0.39, 0.29) is 6.04 Å². The number of benzene rings is 1. The van der Waals surface area contributed by atoms with Crippen LogP contribution in [0.4, 0.5) is 0 Å². The van der Waals surface area contributed by atoms with Crippen molar-refractivity contribution in [1.29, 1.82) is 0 Å². The second kappa shape index (κ2) is 8.97. The highest BCUT2D eigenvalue weighted by molar-refractivity contribution is 6.04. The molecule has 1 aromatic carbocycles. The minimum Gasteiger partial charge on any atom is -0.458 e. The molecule has 1 aliphatic heterocycles.